The maximum absolute atomic E-state index is 12.1. The van der Waals surface area contributed by atoms with Crippen molar-refractivity contribution in [3.05, 3.63) is 83.9 Å². The van der Waals surface area contributed by atoms with Crippen molar-refractivity contribution in [2.75, 3.05) is 20.2 Å². The molecule has 0 bridgehead atoms. The largest absolute Gasteiger partial charge is 0.375 e. The van der Waals surface area contributed by atoms with Gasteiger partial charge in [-0.05, 0) is 28.3 Å². The number of carbonyl (C=O) groups excluding carboxylic acids is 1. The first-order valence-corrected chi connectivity index (χ1v) is 8.84. The van der Waals surface area contributed by atoms with Gasteiger partial charge < -0.3 is 15.4 Å². The molecule has 4 nitrogen and oxygen atoms in total. The molecule has 3 aromatic carbocycles. The molecular weight excluding hydrogens is 324 g/mol. The third kappa shape index (κ3) is 4.61. The maximum atomic E-state index is 12.1. The molecule has 0 saturated carbocycles. The summed E-state index contributed by atoms with van der Waals surface area (Å²) >= 11 is 0. The van der Waals surface area contributed by atoms with Gasteiger partial charge in [0.2, 0.25) is 0 Å². The summed E-state index contributed by atoms with van der Waals surface area (Å²) in [6.07, 6.45) is 0.640. The molecule has 0 fully saturated rings. The number of hydrogen-bond donors (Lipinski definition) is 2. The van der Waals surface area contributed by atoms with Crippen molar-refractivity contribution >= 4 is 16.8 Å². The zero-order valence-electron chi connectivity index (χ0n) is 14.9. The first kappa shape index (κ1) is 18.0. The van der Waals surface area contributed by atoms with Crippen LogP contribution in [-0.2, 0) is 11.2 Å². The molecule has 0 heterocycles. The minimum absolute atomic E-state index is 0.153. The average Bonchev–Trinajstić information content (AvgIpc) is 2.69. The van der Waals surface area contributed by atoms with E-state index in [1.54, 1.807) is 7.11 Å². The van der Waals surface area contributed by atoms with Crippen LogP contribution in [0.5, 0.6) is 0 Å². The second-order valence-corrected chi connectivity index (χ2v) is 6.16. The van der Waals surface area contributed by atoms with Crippen LogP contribution in [0.1, 0.15) is 17.2 Å². The molecule has 134 valence electrons. The maximum Gasteiger partial charge on any atom is 0.314 e. The average molecular weight is 348 g/mol. The quantitative estimate of drug-likeness (QED) is 0.676. The molecule has 1 unspecified atom stereocenters. The molecule has 0 aromatic heterocycles. The number of amides is 2. The van der Waals surface area contributed by atoms with Crippen molar-refractivity contribution in [1.29, 1.82) is 0 Å². The number of benzene rings is 3. The van der Waals surface area contributed by atoms with Crippen molar-refractivity contribution in [2.24, 2.45) is 0 Å². The van der Waals surface area contributed by atoms with E-state index in [4.69, 9.17) is 4.74 Å². The van der Waals surface area contributed by atoms with Gasteiger partial charge in [0.15, 0.2) is 0 Å². The molecule has 3 aromatic rings. The van der Waals surface area contributed by atoms with Gasteiger partial charge in [-0.2, -0.15) is 0 Å². The van der Waals surface area contributed by atoms with E-state index in [1.165, 1.54) is 16.3 Å². The van der Waals surface area contributed by atoms with E-state index in [1.807, 2.05) is 42.5 Å². The summed E-state index contributed by atoms with van der Waals surface area (Å²) in [5, 5.41) is 8.26. The number of rotatable bonds is 7. The smallest absolute Gasteiger partial charge is 0.314 e. The Morgan fingerprint density at radius 1 is 0.923 bits per heavy atom. The van der Waals surface area contributed by atoms with E-state index in [0.29, 0.717) is 13.1 Å². The Morgan fingerprint density at radius 3 is 2.46 bits per heavy atom. The van der Waals surface area contributed by atoms with Crippen LogP contribution in [0.15, 0.2) is 72.8 Å². The first-order chi connectivity index (χ1) is 12.8. The van der Waals surface area contributed by atoms with Crippen LogP contribution in [0.4, 0.5) is 4.79 Å². The molecule has 0 aliphatic heterocycles. The minimum Gasteiger partial charge on any atom is -0.375 e. The van der Waals surface area contributed by atoms with Crippen LogP contribution in [0.25, 0.3) is 10.8 Å². The highest BCUT2D eigenvalue weighted by Gasteiger charge is 2.11. The highest BCUT2D eigenvalue weighted by Crippen LogP contribution is 2.18. The Hall–Kier alpha value is -2.85. The van der Waals surface area contributed by atoms with Crippen LogP contribution < -0.4 is 10.6 Å². The van der Waals surface area contributed by atoms with Gasteiger partial charge in [-0.25, -0.2) is 4.79 Å². The normalized spacial score (nSPS) is 11.9. The molecule has 0 saturated heterocycles. The van der Waals surface area contributed by atoms with Crippen molar-refractivity contribution in [3.63, 3.8) is 0 Å². The van der Waals surface area contributed by atoms with Crippen molar-refractivity contribution in [2.45, 2.75) is 12.5 Å². The third-order valence-corrected chi connectivity index (χ3v) is 4.46. The summed E-state index contributed by atoms with van der Waals surface area (Å²) in [6, 6.07) is 24.3. The highest BCUT2D eigenvalue weighted by molar-refractivity contribution is 5.85. The van der Waals surface area contributed by atoms with Crippen LogP contribution in [0.3, 0.4) is 0 Å². The Kier molecular flexibility index (Phi) is 6.23. The summed E-state index contributed by atoms with van der Waals surface area (Å²) < 4.78 is 5.47. The van der Waals surface area contributed by atoms with E-state index in [2.05, 4.69) is 41.0 Å². The zero-order valence-corrected chi connectivity index (χ0v) is 14.9. The SMILES string of the molecule is COC(CNC(=O)NCCc1cccc2ccccc12)c1ccccc1. The van der Waals surface area contributed by atoms with Gasteiger partial charge in [0, 0.05) is 20.2 Å². The van der Waals surface area contributed by atoms with Crippen molar-refractivity contribution < 1.29 is 9.53 Å². The molecule has 4 heteroatoms. The van der Waals surface area contributed by atoms with Gasteiger partial charge in [0.25, 0.3) is 0 Å². The second kappa shape index (κ2) is 9.02. The second-order valence-electron chi connectivity index (χ2n) is 6.16. The molecule has 0 aliphatic carbocycles. The predicted molar refractivity (Wildman–Crippen MR) is 105 cm³/mol. The van der Waals surface area contributed by atoms with Crippen molar-refractivity contribution in [1.82, 2.24) is 10.6 Å². The molecule has 1 atom stereocenters. The van der Waals surface area contributed by atoms with E-state index in [9.17, 15) is 4.79 Å². The Balaban J connectivity index is 1.48. The molecule has 0 spiro atoms. The van der Waals surface area contributed by atoms with Gasteiger partial charge in [-0.1, -0.05) is 72.8 Å². The Morgan fingerprint density at radius 2 is 1.65 bits per heavy atom. The van der Waals surface area contributed by atoms with Gasteiger partial charge >= 0.3 is 6.03 Å². The number of hydrogen-bond acceptors (Lipinski definition) is 2. The highest BCUT2D eigenvalue weighted by atomic mass is 16.5. The van der Waals surface area contributed by atoms with Crippen LogP contribution in [-0.4, -0.2) is 26.2 Å². The van der Waals surface area contributed by atoms with Gasteiger partial charge in [-0.15, -0.1) is 0 Å². The lowest BCUT2D eigenvalue weighted by molar-refractivity contribution is 0.104. The lowest BCUT2D eigenvalue weighted by Gasteiger charge is -2.17. The monoisotopic (exact) mass is 348 g/mol. The molecular formula is C22H24N2O2. The predicted octanol–water partition coefficient (Wildman–Crippen LogP) is 4.07. The first-order valence-electron chi connectivity index (χ1n) is 8.84. The summed E-state index contributed by atoms with van der Waals surface area (Å²) in [5.41, 5.74) is 2.29. The van der Waals surface area contributed by atoms with Crippen LogP contribution in [0, 0.1) is 0 Å². The van der Waals surface area contributed by atoms with Crippen molar-refractivity contribution in [3.8, 4) is 0 Å². The molecule has 3 rings (SSSR count). The standard InChI is InChI=1S/C22H24N2O2/c1-26-21(19-9-3-2-4-10-19)16-24-22(25)23-15-14-18-12-7-11-17-8-5-6-13-20(17)18/h2-13,21H,14-16H2,1H3,(H2,23,24,25). The fourth-order valence-corrected chi connectivity index (χ4v) is 3.07. The third-order valence-electron chi connectivity index (χ3n) is 4.46. The number of nitrogens with one attached hydrogen (secondary N) is 2. The number of methoxy groups -OCH3 is 1. The minimum atomic E-state index is -0.178. The molecule has 0 radical (unpaired) electrons. The molecule has 2 amide bonds. The van der Waals surface area contributed by atoms with Gasteiger partial charge in [0.1, 0.15) is 0 Å². The molecule has 26 heavy (non-hydrogen) atoms. The summed E-state index contributed by atoms with van der Waals surface area (Å²) in [4.78, 5) is 12.1. The number of fused-ring (bicyclic) bond motifs is 1. The number of urea groups is 1. The van der Waals surface area contributed by atoms with Crippen LogP contribution >= 0.6 is 0 Å². The fraction of sp³-hybridized carbons (Fsp3) is 0.227. The molecule has 0 aliphatic rings. The number of carbonyl (C=O) groups is 1. The summed E-state index contributed by atoms with van der Waals surface area (Å²) in [6.45, 7) is 1.02. The summed E-state index contributed by atoms with van der Waals surface area (Å²) in [7, 11) is 1.65. The number of ether oxygens (including phenoxy) is 1. The van der Waals surface area contributed by atoms with E-state index in [-0.39, 0.29) is 12.1 Å². The Bertz CT molecular complexity index is 844. The van der Waals surface area contributed by atoms with Gasteiger partial charge in [-0.3, -0.25) is 0 Å². The van der Waals surface area contributed by atoms with Gasteiger partial charge in [0.05, 0.1) is 6.10 Å². The Labute approximate surface area is 154 Å². The van der Waals surface area contributed by atoms with Crippen LogP contribution in [0.2, 0.25) is 0 Å². The fourth-order valence-electron chi connectivity index (χ4n) is 3.07. The van der Waals surface area contributed by atoms with E-state index >= 15 is 0 Å². The topological polar surface area (TPSA) is 50.4 Å². The lowest BCUT2D eigenvalue weighted by atomic mass is 10.0. The molecule has 2 N–H and O–H groups in total. The lowest BCUT2D eigenvalue weighted by Crippen LogP contribution is -2.39. The van der Waals surface area contributed by atoms with E-state index < -0.39 is 0 Å². The zero-order chi connectivity index (χ0) is 18.2. The van der Waals surface area contributed by atoms with E-state index in [0.717, 1.165) is 12.0 Å². The summed E-state index contributed by atoms with van der Waals surface area (Å²) in [5.74, 6) is 0.